The van der Waals surface area contributed by atoms with Crippen molar-refractivity contribution in [2.45, 2.75) is 53.0 Å². The number of nitrogens with one attached hydrogen (secondary N) is 1. The molecular formula is C14H24N4S. The molecule has 2 rings (SSSR count). The van der Waals surface area contributed by atoms with E-state index in [-0.39, 0.29) is 0 Å². The standard InChI is InChI=1S/C14H24N4S/c1-9(2)7-6-8-10(3)18-13-12(15-14(18)19)11(4)16-17(13)5/h9-10H,6-8H2,1-5H3,(H,15,19). The number of H-pyrrole nitrogens is 1. The number of nitrogens with zero attached hydrogens (tertiary/aromatic N) is 3. The molecule has 1 unspecified atom stereocenters. The highest BCUT2D eigenvalue weighted by Crippen LogP contribution is 2.24. The lowest BCUT2D eigenvalue weighted by atomic mass is 10.0. The van der Waals surface area contributed by atoms with Gasteiger partial charge < -0.3 is 4.98 Å². The van der Waals surface area contributed by atoms with Crippen molar-refractivity contribution in [3.8, 4) is 0 Å². The highest BCUT2D eigenvalue weighted by Gasteiger charge is 2.16. The molecular weight excluding hydrogens is 256 g/mol. The molecule has 0 amide bonds. The first-order valence-electron chi connectivity index (χ1n) is 7.05. The van der Waals surface area contributed by atoms with Gasteiger partial charge in [0.15, 0.2) is 10.4 Å². The van der Waals surface area contributed by atoms with Gasteiger partial charge in [-0.3, -0.25) is 9.25 Å². The minimum Gasteiger partial charge on any atom is -0.328 e. The molecule has 2 aromatic rings. The summed E-state index contributed by atoms with van der Waals surface area (Å²) in [5.74, 6) is 0.769. The third kappa shape index (κ3) is 2.76. The predicted molar refractivity (Wildman–Crippen MR) is 82.0 cm³/mol. The summed E-state index contributed by atoms with van der Waals surface area (Å²) >= 11 is 5.47. The zero-order valence-corrected chi connectivity index (χ0v) is 13.3. The van der Waals surface area contributed by atoms with Gasteiger partial charge in [0, 0.05) is 13.1 Å². The average Bonchev–Trinajstić information content (AvgIpc) is 2.77. The first-order valence-corrected chi connectivity index (χ1v) is 7.46. The SMILES string of the molecule is Cc1nn(C)c2c1[nH]c(=S)n2C(C)CCCC(C)C. The molecule has 0 aliphatic carbocycles. The van der Waals surface area contributed by atoms with Crippen LogP contribution in [0.5, 0.6) is 0 Å². The van der Waals surface area contributed by atoms with Crippen LogP contribution >= 0.6 is 12.2 Å². The molecule has 1 atom stereocenters. The van der Waals surface area contributed by atoms with Crippen LogP contribution < -0.4 is 0 Å². The van der Waals surface area contributed by atoms with Crippen molar-refractivity contribution in [1.29, 1.82) is 0 Å². The van der Waals surface area contributed by atoms with Crippen LogP contribution in [0.4, 0.5) is 0 Å². The summed E-state index contributed by atoms with van der Waals surface area (Å²) in [7, 11) is 1.98. The molecule has 4 nitrogen and oxygen atoms in total. The largest absolute Gasteiger partial charge is 0.328 e. The Balaban J connectivity index is 2.28. The number of aromatic amines is 1. The Labute approximate surface area is 119 Å². The summed E-state index contributed by atoms with van der Waals surface area (Å²) in [4.78, 5) is 3.29. The van der Waals surface area contributed by atoms with Crippen molar-refractivity contribution in [2.24, 2.45) is 13.0 Å². The maximum atomic E-state index is 5.47. The summed E-state index contributed by atoms with van der Waals surface area (Å²) in [6, 6.07) is 0.412. The summed E-state index contributed by atoms with van der Waals surface area (Å²) < 4.78 is 4.95. The van der Waals surface area contributed by atoms with Crippen LogP contribution in [0.3, 0.4) is 0 Å². The molecule has 106 valence electrons. The summed E-state index contributed by atoms with van der Waals surface area (Å²) in [6.45, 7) is 8.80. The van der Waals surface area contributed by atoms with E-state index in [9.17, 15) is 0 Å². The number of hydrogen-bond donors (Lipinski definition) is 1. The zero-order chi connectivity index (χ0) is 14.2. The van der Waals surface area contributed by atoms with Crippen LogP contribution in [0.1, 0.15) is 51.8 Å². The van der Waals surface area contributed by atoms with E-state index in [2.05, 4.69) is 35.4 Å². The second-order valence-corrected chi connectivity index (χ2v) is 6.27. The Bertz CT molecular complexity index is 617. The number of fused-ring (bicyclic) bond motifs is 1. The molecule has 2 heterocycles. The third-order valence-electron chi connectivity index (χ3n) is 3.71. The van der Waals surface area contributed by atoms with Crippen molar-refractivity contribution < 1.29 is 0 Å². The van der Waals surface area contributed by atoms with Crippen molar-refractivity contribution in [2.75, 3.05) is 0 Å². The van der Waals surface area contributed by atoms with Gasteiger partial charge in [0.25, 0.3) is 0 Å². The number of imidazole rings is 1. The van der Waals surface area contributed by atoms with Crippen LogP contribution in [0.2, 0.25) is 0 Å². The Morgan fingerprint density at radius 3 is 2.58 bits per heavy atom. The second-order valence-electron chi connectivity index (χ2n) is 5.88. The zero-order valence-electron chi connectivity index (χ0n) is 12.5. The summed E-state index contributed by atoms with van der Waals surface area (Å²) in [6.07, 6.45) is 3.67. The molecule has 2 aromatic heterocycles. The number of rotatable bonds is 5. The van der Waals surface area contributed by atoms with Gasteiger partial charge in [-0.15, -0.1) is 0 Å². The molecule has 0 aliphatic heterocycles. The van der Waals surface area contributed by atoms with Crippen LogP contribution in [0.15, 0.2) is 0 Å². The van der Waals surface area contributed by atoms with Crippen LogP contribution in [-0.2, 0) is 7.05 Å². The van der Waals surface area contributed by atoms with E-state index in [1.165, 1.54) is 12.8 Å². The molecule has 19 heavy (non-hydrogen) atoms. The lowest BCUT2D eigenvalue weighted by Crippen LogP contribution is -2.08. The lowest BCUT2D eigenvalue weighted by molar-refractivity contribution is 0.446. The minimum atomic E-state index is 0.412. The summed E-state index contributed by atoms with van der Waals surface area (Å²) in [5, 5.41) is 4.46. The van der Waals surface area contributed by atoms with E-state index in [1.54, 1.807) is 0 Å². The second kappa shape index (κ2) is 5.49. The van der Waals surface area contributed by atoms with E-state index < -0.39 is 0 Å². The molecule has 0 bridgehead atoms. The molecule has 0 radical (unpaired) electrons. The molecule has 0 saturated heterocycles. The van der Waals surface area contributed by atoms with Crippen molar-refractivity contribution >= 4 is 23.4 Å². The average molecular weight is 280 g/mol. The first-order chi connectivity index (χ1) is 8.91. The quantitative estimate of drug-likeness (QED) is 0.836. The number of hydrogen-bond acceptors (Lipinski definition) is 2. The Morgan fingerprint density at radius 2 is 1.95 bits per heavy atom. The fourth-order valence-corrected chi connectivity index (χ4v) is 3.06. The first kappa shape index (κ1) is 14.3. The van der Waals surface area contributed by atoms with Crippen LogP contribution in [-0.4, -0.2) is 19.3 Å². The van der Waals surface area contributed by atoms with Gasteiger partial charge in [0.05, 0.1) is 5.69 Å². The van der Waals surface area contributed by atoms with Crippen molar-refractivity contribution in [1.82, 2.24) is 19.3 Å². The number of aromatic nitrogens is 4. The van der Waals surface area contributed by atoms with Gasteiger partial charge in [-0.05, 0) is 38.4 Å². The van der Waals surface area contributed by atoms with Gasteiger partial charge in [0.2, 0.25) is 0 Å². The van der Waals surface area contributed by atoms with Crippen molar-refractivity contribution in [3.63, 3.8) is 0 Å². The Kier molecular flexibility index (Phi) is 4.13. The van der Waals surface area contributed by atoms with E-state index in [4.69, 9.17) is 12.2 Å². The van der Waals surface area contributed by atoms with Gasteiger partial charge in [0.1, 0.15) is 5.52 Å². The molecule has 5 heteroatoms. The van der Waals surface area contributed by atoms with E-state index in [0.717, 1.165) is 34.0 Å². The topological polar surface area (TPSA) is 38.5 Å². The normalized spacial score (nSPS) is 13.6. The van der Waals surface area contributed by atoms with Gasteiger partial charge in [-0.25, -0.2) is 0 Å². The highest BCUT2D eigenvalue weighted by molar-refractivity contribution is 7.71. The van der Waals surface area contributed by atoms with Gasteiger partial charge in [-0.2, -0.15) is 5.10 Å². The maximum absolute atomic E-state index is 5.47. The molecule has 0 spiro atoms. The summed E-state index contributed by atoms with van der Waals surface area (Å²) in [5.41, 5.74) is 3.19. The lowest BCUT2D eigenvalue weighted by Gasteiger charge is -2.15. The Hall–Kier alpha value is -1.10. The van der Waals surface area contributed by atoms with E-state index >= 15 is 0 Å². The van der Waals surface area contributed by atoms with Gasteiger partial charge in [-0.1, -0.05) is 26.7 Å². The predicted octanol–water partition coefficient (Wildman–Crippen LogP) is 4.13. The van der Waals surface area contributed by atoms with Gasteiger partial charge >= 0.3 is 0 Å². The maximum Gasteiger partial charge on any atom is 0.179 e. The molecule has 0 aromatic carbocycles. The highest BCUT2D eigenvalue weighted by atomic mass is 32.1. The van der Waals surface area contributed by atoms with E-state index in [1.807, 2.05) is 18.7 Å². The fraction of sp³-hybridized carbons (Fsp3) is 0.714. The molecule has 1 N–H and O–H groups in total. The molecule has 0 saturated carbocycles. The molecule has 0 fully saturated rings. The van der Waals surface area contributed by atoms with Crippen LogP contribution in [0, 0.1) is 17.6 Å². The Morgan fingerprint density at radius 1 is 1.26 bits per heavy atom. The monoisotopic (exact) mass is 280 g/mol. The van der Waals surface area contributed by atoms with E-state index in [0.29, 0.717) is 6.04 Å². The van der Waals surface area contributed by atoms with Crippen LogP contribution in [0.25, 0.3) is 11.2 Å². The third-order valence-corrected chi connectivity index (χ3v) is 4.01. The minimum absolute atomic E-state index is 0.412. The fourth-order valence-electron chi connectivity index (χ4n) is 2.69. The number of aryl methyl sites for hydroxylation is 2. The molecule has 0 aliphatic rings. The van der Waals surface area contributed by atoms with Crippen molar-refractivity contribution in [3.05, 3.63) is 10.5 Å². The smallest absolute Gasteiger partial charge is 0.179 e.